The largest absolute Gasteiger partial charge is 0.478 e. The van der Waals surface area contributed by atoms with Gasteiger partial charge in [-0.3, -0.25) is 4.98 Å². The lowest BCUT2D eigenvalue weighted by atomic mass is 10.1. The second-order valence-corrected chi connectivity index (χ2v) is 4.07. The Labute approximate surface area is 106 Å². The van der Waals surface area contributed by atoms with Crippen LogP contribution in [0.1, 0.15) is 15.9 Å². The van der Waals surface area contributed by atoms with Crippen molar-refractivity contribution in [2.75, 3.05) is 11.9 Å². The van der Waals surface area contributed by atoms with Gasteiger partial charge in [0.1, 0.15) is 0 Å². The molecule has 92 valence electrons. The Hall–Kier alpha value is -2.36. The number of carboxylic acid groups (broad SMARTS) is 1. The molecule has 18 heavy (non-hydrogen) atoms. The third-order valence-electron chi connectivity index (χ3n) is 2.70. The van der Waals surface area contributed by atoms with Crippen LogP contribution in [0.5, 0.6) is 0 Å². The van der Waals surface area contributed by atoms with Crippen LogP contribution < -0.4 is 4.90 Å². The van der Waals surface area contributed by atoms with Gasteiger partial charge in [-0.15, -0.1) is 0 Å². The fourth-order valence-electron chi connectivity index (χ4n) is 1.77. The third kappa shape index (κ3) is 2.85. The van der Waals surface area contributed by atoms with Crippen molar-refractivity contribution >= 4 is 11.7 Å². The molecule has 0 saturated heterocycles. The number of carbonyl (C=O) groups is 1. The predicted octanol–water partition coefficient (Wildman–Crippen LogP) is 2.42. The molecule has 0 aliphatic rings. The van der Waals surface area contributed by atoms with Gasteiger partial charge in [0.05, 0.1) is 5.56 Å². The smallest absolute Gasteiger partial charge is 0.335 e. The van der Waals surface area contributed by atoms with Crippen LogP contribution >= 0.6 is 0 Å². The van der Waals surface area contributed by atoms with Gasteiger partial charge in [0, 0.05) is 31.7 Å². The van der Waals surface area contributed by atoms with Crippen LogP contribution in [-0.4, -0.2) is 23.1 Å². The Morgan fingerprint density at radius 1 is 1.28 bits per heavy atom. The second kappa shape index (κ2) is 5.31. The Morgan fingerprint density at radius 3 is 2.67 bits per heavy atom. The minimum absolute atomic E-state index is 0.315. The molecule has 2 rings (SSSR count). The van der Waals surface area contributed by atoms with E-state index < -0.39 is 5.97 Å². The average molecular weight is 242 g/mol. The molecule has 0 unspecified atom stereocenters. The predicted molar refractivity (Wildman–Crippen MR) is 69.7 cm³/mol. The molecule has 0 radical (unpaired) electrons. The van der Waals surface area contributed by atoms with E-state index in [4.69, 9.17) is 5.11 Å². The Morgan fingerprint density at radius 2 is 2.00 bits per heavy atom. The van der Waals surface area contributed by atoms with Gasteiger partial charge in [0.25, 0.3) is 0 Å². The normalized spacial score (nSPS) is 10.1. The summed E-state index contributed by atoms with van der Waals surface area (Å²) in [6.07, 6.45) is 3.47. The molecule has 2 aromatic rings. The van der Waals surface area contributed by atoms with Crippen molar-refractivity contribution in [2.24, 2.45) is 0 Å². The van der Waals surface area contributed by atoms with Crippen molar-refractivity contribution < 1.29 is 9.90 Å². The van der Waals surface area contributed by atoms with Crippen molar-refractivity contribution in [3.8, 4) is 0 Å². The fraction of sp³-hybridized carbons (Fsp3) is 0.143. The number of nitrogens with zero attached hydrogens (tertiary/aromatic N) is 2. The summed E-state index contributed by atoms with van der Waals surface area (Å²) in [6.45, 7) is 0.658. The van der Waals surface area contributed by atoms with E-state index >= 15 is 0 Å². The average Bonchev–Trinajstić information content (AvgIpc) is 2.40. The van der Waals surface area contributed by atoms with Crippen molar-refractivity contribution in [1.29, 1.82) is 0 Å². The van der Waals surface area contributed by atoms with Gasteiger partial charge in [0.2, 0.25) is 0 Å². The maximum absolute atomic E-state index is 10.9. The van der Waals surface area contributed by atoms with E-state index in [1.165, 1.54) is 0 Å². The number of pyridine rings is 1. The van der Waals surface area contributed by atoms with E-state index in [1.54, 1.807) is 30.6 Å². The van der Waals surface area contributed by atoms with Gasteiger partial charge < -0.3 is 10.0 Å². The molecule has 0 spiro atoms. The number of benzene rings is 1. The second-order valence-electron chi connectivity index (χ2n) is 4.07. The Balaban J connectivity index is 2.14. The monoisotopic (exact) mass is 242 g/mol. The summed E-state index contributed by atoms with van der Waals surface area (Å²) in [5.41, 5.74) is 2.33. The van der Waals surface area contributed by atoms with Gasteiger partial charge in [-0.05, 0) is 29.8 Å². The zero-order chi connectivity index (χ0) is 13.0. The molecule has 1 N–H and O–H groups in total. The highest BCUT2D eigenvalue weighted by Gasteiger charge is 2.05. The zero-order valence-electron chi connectivity index (χ0n) is 10.1. The zero-order valence-corrected chi connectivity index (χ0v) is 10.1. The summed E-state index contributed by atoms with van der Waals surface area (Å²) in [5.74, 6) is -0.900. The summed E-state index contributed by atoms with van der Waals surface area (Å²) >= 11 is 0. The van der Waals surface area contributed by atoms with Crippen LogP contribution in [0.4, 0.5) is 5.69 Å². The summed E-state index contributed by atoms with van der Waals surface area (Å²) in [7, 11) is 1.96. The molecule has 0 fully saturated rings. The number of aromatic nitrogens is 1. The minimum Gasteiger partial charge on any atom is -0.478 e. The van der Waals surface area contributed by atoms with Crippen molar-refractivity contribution in [3.63, 3.8) is 0 Å². The quantitative estimate of drug-likeness (QED) is 0.894. The first-order valence-corrected chi connectivity index (χ1v) is 5.60. The molecule has 0 atom stereocenters. The summed E-state index contributed by atoms with van der Waals surface area (Å²) in [4.78, 5) is 16.9. The van der Waals surface area contributed by atoms with Crippen molar-refractivity contribution in [3.05, 3.63) is 59.9 Å². The van der Waals surface area contributed by atoms with Crippen LogP contribution in [0.25, 0.3) is 0 Å². The Kier molecular flexibility index (Phi) is 3.57. The first kappa shape index (κ1) is 12.1. The molecule has 1 aromatic carbocycles. The van der Waals surface area contributed by atoms with E-state index in [9.17, 15) is 4.79 Å². The first-order chi connectivity index (χ1) is 8.66. The number of hydrogen-bond acceptors (Lipinski definition) is 3. The van der Waals surface area contributed by atoms with E-state index in [0.29, 0.717) is 12.1 Å². The first-order valence-electron chi connectivity index (χ1n) is 5.60. The molecule has 1 heterocycles. The summed E-state index contributed by atoms with van der Waals surface area (Å²) < 4.78 is 0. The number of hydrogen-bond donors (Lipinski definition) is 1. The molecule has 0 aliphatic carbocycles. The molecule has 0 saturated carbocycles. The van der Waals surface area contributed by atoms with Gasteiger partial charge in [-0.25, -0.2) is 4.79 Å². The standard InChI is InChI=1S/C14H14N2O2/c1-16(13-5-7-15-8-6-13)10-11-3-2-4-12(9-11)14(17)18/h2-9H,10H2,1H3,(H,17,18). The number of aromatic carboxylic acids is 1. The molecular formula is C14H14N2O2. The van der Waals surface area contributed by atoms with Crippen molar-refractivity contribution in [2.45, 2.75) is 6.54 Å². The van der Waals surface area contributed by atoms with E-state index in [-0.39, 0.29) is 0 Å². The molecule has 4 heteroatoms. The van der Waals surface area contributed by atoms with Crippen molar-refractivity contribution in [1.82, 2.24) is 4.98 Å². The Bertz CT molecular complexity index is 541. The van der Waals surface area contributed by atoms with Crippen LogP contribution in [0.15, 0.2) is 48.8 Å². The lowest BCUT2D eigenvalue weighted by Crippen LogP contribution is -2.16. The van der Waals surface area contributed by atoms with E-state index in [0.717, 1.165) is 11.3 Å². The molecule has 0 amide bonds. The van der Waals surface area contributed by atoms with Gasteiger partial charge in [0.15, 0.2) is 0 Å². The van der Waals surface area contributed by atoms with Gasteiger partial charge in [-0.1, -0.05) is 12.1 Å². The van der Waals surface area contributed by atoms with Gasteiger partial charge in [-0.2, -0.15) is 0 Å². The number of anilines is 1. The minimum atomic E-state index is -0.900. The highest BCUT2D eigenvalue weighted by molar-refractivity contribution is 5.87. The maximum Gasteiger partial charge on any atom is 0.335 e. The third-order valence-corrected chi connectivity index (χ3v) is 2.70. The van der Waals surface area contributed by atoms with Gasteiger partial charge >= 0.3 is 5.97 Å². The molecule has 1 aromatic heterocycles. The fourth-order valence-corrected chi connectivity index (χ4v) is 1.77. The van der Waals surface area contributed by atoms with Crippen LogP contribution in [0.3, 0.4) is 0 Å². The highest BCUT2D eigenvalue weighted by Crippen LogP contribution is 2.14. The van der Waals surface area contributed by atoms with Crippen LogP contribution in [0.2, 0.25) is 0 Å². The topological polar surface area (TPSA) is 53.4 Å². The number of carboxylic acids is 1. The molecule has 0 bridgehead atoms. The van der Waals surface area contributed by atoms with E-state index in [1.807, 2.05) is 30.1 Å². The number of rotatable bonds is 4. The highest BCUT2D eigenvalue weighted by atomic mass is 16.4. The molecular weight excluding hydrogens is 228 g/mol. The van der Waals surface area contributed by atoms with Crippen LogP contribution in [0, 0.1) is 0 Å². The van der Waals surface area contributed by atoms with Crippen LogP contribution in [-0.2, 0) is 6.54 Å². The molecule has 0 aliphatic heterocycles. The summed E-state index contributed by atoms with van der Waals surface area (Å²) in [5, 5.41) is 8.94. The summed E-state index contributed by atoms with van der Waals surface area (Å²) in [6, 6.07) is 10.8. The lowest BCUT2D eigenvalue weighted by Gasteiger charge is -2.19. The maximum atomic E-state index is 10.9. The molecule has 4 nitrogen and oxygen atoms in total. The lowest BCUT2D eigenvalue weighted by molar-refractivity contribution is 0.0697. The SMILES string of the molecule is CN(Cc1cccc(C(=O)O)c1)c1ccncc1. The van der Waals surface area contributed by atoms with E-state index in [2.05, 4.69) is 4.98 Å².